The molecule has 0 aromatic heterocycles. The van der Waals surface area contributed by atoms with Crippen LogP contribution in [-0.4, -0.2) is 80.7 Å². The van der Waals surface area contributed by atoms with Gasteiger partial charge < -0.3 is 0 Å². The fourth-order valence-corrected chi connectivity index (χ4v) is 2.47. The van der Waals surface area contributed by atoms with E-state index in [9.17, 15) is 16.8 Å². The summed E-state index contributed by atoms with van der Waals surface area (Å²) in [6.07, 6.45) is 1.54. The Balaban J connectivity index is 0. The number of hydrogen-bond donors (Lipinski definition) is 1. The van der Waals surface area contributed by atoms with Crippen molar-refractivity contribution in [1.82, 2.24) is 4.13 Å². The third kappa shape index (κ3) is 12.2. The summed E-state index contributed by atoms with van der Waals surface area (Å²) >= 11 is 0. The zero-order valence-electron chi connectivity index (χ0n) is 4.95. The van der Waals surface area contributed by atoms with Gasteiger partial charge in [-0.3, -0.25) is 0 Å². The molecule has 0 heterocycles. The fraction of sp³-hybridized carbons (Fsp3) is 1.00. The van der Waals surface area contributed by atoms with Gasteiger partial charge in [-0.2, -0.15) is 0 Å². The summed E-state index contributed by atoms with van der Waals surface area (Å²) in [7, 11) is -7.24. The maximum atomic E-state index is 10.2. The number of nitrogens with one attached hydrogen (secondary N) is 1. The summed E-state index contributed by atoms with van der Waals surface area (Å²) in [5.41, 5.74) is 0. The summed E-state index contributed by atoms with van der Waals surface area (Å²) < 4.78 is 42.0. The molecule has 0 amide bonds. The Bertz CT molecular complexity index is 246. The van der Waals surface area contributed by atoms with Crippen LogP contribution < -0.4 is 4.13 Å². The molecular weight excluding hydrogens is 205 g/mol. The summed E-state index contributed by atoms with van der Waals surface area (Å²) in [6, 6.07) is 0. The predicted octanol–water partition coefficient (Wildman–Crippen LogP) is -2.15. The Labute approximate surface area is 103 Å². The van der Waals surface area contributed by atoms with E-state index in [4.69, 9.17) is 0 Å². The topological polar surface area (TPSA) is 80.3 Å². The number of hydrogen-bond acceptors (Lipinski definition) is 4. The van der Waals surface area contributed by atoms with Crippen molar-refractivity contribution < 1.29 is 16.8 Å². The molecule has 0 aromatic carbocycles. The second-order valence-corrected chi connectivity index (χ2v) is 5.38. The van der Waals surface area contributed by atoms with Crippen LogP contribution in [0.1, 0.15) is 0 Å². The minimum atomic E-state index is -3.62. The van der Waals surface area contributed by atoms with Gasteiger partial charge in [-0.15, -0.1) is 4.13 Å². The summed E-state index contributed by atoms with van der Waals surface area (Å²) in [5.74, 6) is 0. The van der Waals surface area contributed by atoms with Crippen LogP contribution in [0.4, 0.5) is 0 Å². The first kappa shape index (κ1) is 14.0. The average Bonchev–Trinajstić information content (AvgIpc) is 1.14. The Morgan fingerprint density at radius 2 is 1.10 bits per heavy atom. The zero-order chi connectivity index (χ0) is 7.71. The average molecular weight is 213 g/mol. The Morgan fingerprint density at radius 1 is 0.900 bits per heavy atom. The van der Waals surface area contributed by atoms with E-state index in [1.807, 2.05) is 0 Å². The van der Waals surface area contributed by atoms with Gasteiger partial charge in [0.15, 0.2) is 0 Å². The molecule has 0 radical (unpaired) electrons. The summed E-state index contributed by atoms with van der Waals surface area (Å²) in [4.78, 5) is 0. The van der Waals surface area contributed by atoms with Crippen molar-refractivity contribution in [2.45, 2.75) is 0 Å². The van der Waals surface area contributed by atoms with Crippen LogP contribution in [0.5, 0.6) is 0 Å². The van der Waals surface area contributed by atoms with Gasteiger partial charge in [-0.25, -0.2) is 16.8 Å². The first-order valence-corrected chi connectivity index (χ1v) is 5.67. The van der Waals surface area contributed by atoms with Gasteiger partial charge >= 0.3 is 51.4 Å². The van der Waals surface area contributed by atoms with Crippen molar-refractivity contribution in [3.63, 3.8) is 0 Å². The minimum absolute atomic E-state index is 0. The molecule has 10 heavy (non-hydrogen) atoms. The van der Waals surface area contributed by atoms with Gasteiger partial charge in [0.25, 0.3) is 0 Å². The molecule has 0 rings (SSSR count). The van der Waals surface area contributed by atoms with Crippen molar-refractivity contribution in [1.29, 1.82) is 0 Å². The molecule has 58 valence electrons. The van der Waals surface area contributed by atoms with Crippen LogP contribution in [0.25, 0.3) is 0 Å². The molecule has 0 bridgehead atoms. The van der Waals surface area contributed by atoms with Gasteiger partial charge in [0.2, 0.25) is 20.0 Å². The zero-order valence-corrected chi connectivity index (χ0v) is 6.58. The van der Waals surface area contributed by atoms with Gasteiger partial charge in [0.05, 0.1) is 12.5 Å². The first-order valence-electron chi connectivity index (χ1n) is 1.89. The van der Waals surface area contributed by atoms with Gasteiger partial charge in [0, 0.05) is 0 Å². The monoisotopic (exact) mass is 213 g/mol. The Kier molecular flexibility index (Phi) is 6.33. The molecule has 0 saturated heterocycles. The standard InChI is InChI=1S/C2H7NO4S2.K.H/c1-8(4,5)3-9(2,6)7;;/h3H,1-2H3;;. The molecule has 0 fully saturated rings. The third-order valence-corrected chi connectivity index (χ3v) is 2.72. The van der Waals surface area contributed by atoms with Crippen LogP contribution in [0.15, 0.2) is 0 Å². The van der Waals surface area contributed by atoms with Crippen molar-refractivity contribution in [3.8, 4) is 0 Å². The van der Waals surface area contributed by atoms with Gasteiger partial charge in [0.1, 0.15) is 0 Å². The Morgan fingerprint density at radius 3 is 1.10 bits per heavy atom. The maximum absolute atomic E-state index is 10.2. The fourth-order valence-electron chi connectivity index (χ4n) is 0.275. The van der Waals surface area contributed by atoms with E-state index >= 15 is 0 Å². The molecule has 0 aromatic rings. The van der Waals surface area contributed by atoms with E-state index in [1.165, 1.54) is 4.13 Å². The number of rotatable bonds is 2. The molecule has 5 nitrogen and oxygen atoms in total. The molecule has 0 aliphatic carbocycles. The number of sulfonamides is 2. The van der Waals surface area contributed by atoms with E-state index in [2.05, 4.69) is 0 Å². The molecule has 0 saturated carbocycles. The molecule has 0 unspecified atom stereocenters. The van der Waals surface area contributed by atoms with Crippen molar-refractivity contribution in [2.24, 2.45) is 0 Å². The molecule has 8 heteroatoms. The van der Waals surface area contributed by atoms with Crippen LogP contribution >= 0.6 is 0 Å². The molecular formula is C2H8KNO4S2. The van der Waals surface area contributed by atoms with E-state index in [0.29, 0.717) is 0 Å². The van der Waals surface area contributed by atoms with Crippen molar-refractivity contribution in [2.75, 3.05) is 12.5 Å². The van der Waals surface area contributed by atoms with E-state index in [0.717, 1.165) is 12.5 Å². The van der Waals surface area contributed by atoms with Gasteiger partial charge in [-0.1, -0.05) is 0 Å². The molecule has 0 atom stereocenters. The second kappa shape index (κ2) is 4.50. The summed E-state index contributed by atoms with van der Waals surface area (Å²) in [5, 5.41) is 0. The molecule has 1 N–H and O–H groups in total. The van der Waals surface area contributed by atoms with Crippen molar-refractivity contribution in [3.05, 3.63) is 0 Å². The van der Waals surface area contributed by atoms with Crippen LogP contribution in [0, 0.1) is 0 Å². The first-order chi connectivity index (χ1) is 3.71. The van der Waals surface area contributed by atoms with Gasteiger partial charge in [-0.05, 0) is 0 Å². The Hall–Kier alpha value is 1.50. The SMILES string of the molecule is CS(=O)(=O)NS(C)(=O)=O.[KH]. The predicted molar refractivity (Wildman–Crippen MR) is 40.0 cm³/mol. The van der Waals surface area contributed by atoms with E-state index < -0.39 is 20.0 Å². The molecule has 0 aliphatic heterocycles. The quantitative estimate of drug-likeness (QED) is 0.530. The van der Waals surface area contributed by atoms with Crippen LogP contribution in [-0.2, 0) is 20.0 Å². The van der Waals surface area contributed by atoms with Crippen LogP contribution in [0.2, 0.25) is 0 Å². The molecule has 0 aliphatic rings. The summed E-state index contributed by atoms with van der Waals surface area (Å²) in [6.45, 7) is 0. The normalized spacial score (nSPS) is 12.2. The van der Waals surface area contributed by atoms with E-state index in [1.54, 1.807) is 0 Å². The third-order valence-electron chi connectivity index (χ3n) is 0.303. The van der Waals surface area contributed by atoms with Crippen molar-refractivity contribution >= 4 is 71.4 Å². The van der Waals surface area contributed by atoms with E-state index in [-0.39, 0.29) is 51.4 Å². The van der Waals surface area contributed by atoms with Crippen LogP contribution in [0.3, 0.4) is 0 Å². The molecule has 0 spiro atoms. The second-order valence-electron chi connectivity index (χ2n) is 1.63.